The van der Waals surface area contributed by atoms with Crippen LogP contribution in [-0.2, 0) is 10.2 Å². The van der Waals surface area contributed by atoms with Crippen LogP contribution in [0.1, 0.15) is 41.3 Å². The number of benzene rings is 1. The number of hydrogen-bond donors (Lipinski definition) is 3. The smallest absolute Gasteiger partial charge is 0.253 e. The van der Waals surface area contributed by atoms with Crippen LogP contribution in [-0.4, -0.2) is 62.0 Å². The van der Waals surface area contributed by atoms with Crippen molar-refractivity contribution in [2.45, 2.75) is 25.2 Å². The summed E-state index contributed by atoms with van der Waals surface area (Å²) in [6.07, 6.45) is 1.43. The van der Waals surface area contributed by atoms with Crippen LogP contribution in [0.5, 0.6) is 0 Å². The lowest BCUT2D eigenvalue weighted by Crippen LogP contribution is -2.66. The highest BCUT2D eigenvalue weighted by molar-refractivity contribution is 6.30. The highest BCUT2D eigenvalue weighted by Gasteiger charge is 2.51. The van der Waals surface area contributed by atoms with Gasteiger partial charge in [0.1, 0.15) is 5.15 Å². The Morgan fingerprint density at radius 3 is 2.58 bits per heavy atom. The van der Waals surface area contributed by atoms with Crippen molar-refractivity contribution < 1.29 is 9.59 Å². The Labute approximate surface area is 188 Å². The summed E-state index contributed by atoms with van der Waals surface area (Å²) in [7, 11) is 3.45. The third kappa shape index (κ3) is 4.74. The third-order valence-electron chi connectivity index (χ3n) is 5.79. The molecular formula is C23H30ClN5O2. The Kier molecular flexibility index (Phi) is 7.30. The maximum Gasteiger partial charge on any atom is 0.253 e. The first-order valence-electron chi connectivity index (χ1n) is 10.5. The van der Waals surface area contributed by atoms with Gasteiger partial charge in [-0.3, -0.25) is 14.5 Å². The zero-order valence-electron chi connectivity index (χ0n) is 18.5. The number of likely N-dealkylation sites (N-methyl/N-ethyl adjacent to an activating group) is 1. The number of anilines is 1. The van der Waals surface area contributed by atoms with E-state index in [1.165, 1.54) is 19.3 Å². The largest absolute Gasteiger partial charge is 0.355 e. The molecule has 1 aliphatic heterocycles. The number of aromatic nitrogens is 1. The molecule has 0 saturated carbocycles. The van der Waals surface area contributed by atoms with E-state index >= 15 is 0 Å². The zero-order valence-corrected chi connectivity index (χ0v) is 19.2. The van der Waals surface area contributed by atoms with Crippen LogP contribution < -0.4 is 16.0 Å². The molecule has 0 spiro atoms. The molecule has 3 N–H and O–H groups in total. The molecule has 166 valence electrons. The van der Waals surface area contributed by atoms with Crippen molar-refractivity contribution in [2.75, 3.05) is 45.6 Å². The maximum atomic E-state index is 13.7. The Balaban J connectivity index is 1.97. The summed E-state index contributed by atoms with van der Waals surface area (Å²) in [6, 6.07) is 9.58. The molecular weight excluding hydrogens is 414 g/mol. The van der Waals surface area contributed by atoms with Crippen LogP contribution in [0.3, 0.4) is 0 Å². The van der Waals surface area contributed by atoms with Gasteiger partial charge in [0.25, 0.3) is 5.91 Å². The first-order chi connectivity index (χ1) is 14.8. The lowest BCUT2D eigenvalue weighted by atomic mass is 9.69. The van der Waals surface area contributed by atoms with Gasteiger partial charge in [-0.1, -0.05) is 49.7 Å². The molecule has 1 aromatic carbocycles. The van der Waals surface area contributed by atoms with Crippen LogP contribution in [0.25, 0.3) is 0 Å². The minimum Gasteiger partial charge on any atom is -0.355 e. The molecule has 1 aliphatic rings. The van der Waals surface area contributed by atoms with Crippen LogP contribution in [0.15, 0.2) is 36.5 Å². The Morgan fingerprint density at radius 1 is 1.23 bits per heavy atom. The third-order valence-corrected chi connectivity index (χ3v) is 6.00. The lowest BCUT2D eigenvalue weighted by molar-refractivity contribution is -0.128. The molecule has 0 aliphatic carbocycles. The van der Waals surface area contributed by atoms with Crippen molar-refractivity contribution in [1.29, 1.82) is 0 Å². The topological polar surface area (TPSA) is 86.4 Å². The predicted molar refractivity (Wildman–Crippen MR) is 124 cm³/mol. The van der Waals surface area contributed by atoms with Gasteiger partial charge in [0.05, 0.1) is 22.9 Å². The van der Waals surface area contributed by atoms with Crippen molar-refractivity contribution in [3.8, 4) is 0 Å². The van der Waals surface area contributed by atoms with Gasteiger partial charge >= 0.3 is 0 Å². The van der Waals surface area contributed by atoms with Gasteiger partial charge in [-0.15, -0.1) is 0 Å². The zero-order chi connectivity index (χ0) is 22.6. The van der Waals surface area contributed by atoms with E-state index in [0.29, 0.717) is 18.8 Å². The average molecular weight is 444 g/mol. The monoisotopic (exact) mass is 443 g/mol. The maximum absolute atomic E-state index is 13.7. The van der Waals surface area contributed by atoms with Crippen LogP contribution in [0, 0.1) is 0 Å². The molecule has 0 radical (unpaired) electrons. The highest BCUT2D eigenvalue weighted by Crippen LogP contribution is 2.40. The predicted octanol–water partition coefficient (Wildman–Crippen LogP) is 2.63. The standard InChI is InChI=1S/C23H30ClN5O2/c1-15(2)16-7-5-6-8-18(16)23(13-29(14-23)10-9-25-3)22(31)28-19-12-27-20(24)11-17(19)21(30)26-4/h5-8,11-12,15,25H,9-10,13-14H2,1-4H3,(H,26,30)(H,28,31). The normalized spacial score (nSPS) is 15.4. The van der Waals surface area contributed by atoms with E-state index < -0.39 is 5.41 Å². The van der Waals surface area contributed by atoms with Gasteiger partial charge in [0.2, 0.25) is 5.91 Å². The van der Waals surface area contributed by atoms with Gasteiger partial charge in [0, 0.05) is 33.2 Å². The van der Waals surface area contributed by atoms with Crippen molar-refractivity contribution >= 4 is 29.1 Å². The quantitative estimate of drug-likeness (QED) is 0.546. The highest BCUT2D eigenvalue weighted by atomic mass is 35.5. The van der Waals surface area contributed by atoms with E-state index in [9.17, 15) is 9.59 Å². The second-order valence-corrected chi connectivity index (χ2v) is 8.61. The first-order valence-corrected chi connectivity index (χ1v) is 10.9. The number of rotatable bonds is 8. The van der Waals surface area contributed by atoms with Crippen LogP contribution in [0.4, 0.5) is 5.69 Å². The number of pyridine rings is 1. The number of likely N-dealkylation sites (tertiary alicyclic amines) is 1. The SMILES string of the molecule is CNCCN1CC(C(=O)Nc2cnc(Cl)cc2C(=O)NC)(c2ccccc2C(C)C)C1. The molecule has 1 fully saturated rings. The summed E-state index contributed by atoms with van der Waals surface area (Å²) in [5.41, 5.74) is 2.13. The Hall–Kier alpha value is -2.48. The fraction of sp³-hybridized carbons (Fsp3) is 0.435. The summed E-state index contributed by atoms with van der Waals surface area (Å²) in [5, 5.41) is 8.91. The summed E-state index contributed by atoms with van der Waals surface area (Å²) in [6.45, 7) is 7.21. The minimum absolute atomic E-state index is 0.143. The van der Waals surface area contributed by atoms with Gasteiger partial charge < -0.3 is 16.0 Å². The van der Waals surface area contributed by atoms with Gasteiger partial charge in [-0.05, 0) is 30.2 Å². The molecule has 0 unspecified atom stereocenters. The number of nitrogens with zero attached hydrogens (tertiary/aromatic N) is 2. The number of amides is 2. The summed E-state index contributed by atoms with van der Waals surface area (Å²) in [5.74, 6) is -0.193. The van der Waals surface area contributed by atoms with Crippen molar-refractivity contribution in [1.82, 2.24) is 20.5 Å². The van der Waals surface area contributed by atoms with Crippen LogP contribution >= 0.6 is 11.6 Å². The molecule has 7 nitrogen and oxygen atoms in total. The van der Waals surface area contributed by atoms with E-state index in [0.717, 1.165) is 24.2 Å². The van der Waals surface area contributed by atoms with E-state index in [1.807, 2.05) is 25.2 Å². The molecule has 0 bridgehead atoms. The van der Waals surface area contributed by atoms with Gasteiger partial charge in [0.15, 0.2) is 0 Å². The van der Waals surface area contributed by atoms with E-state index in [4.69, 9.17) is 11.6 Å². The molecule has 31 heavy (non-hydrogen) atoms. The molecule has 1 aromatic heterocycles. The van der Waals surface area contributed by atoms with Gasteiger partial charge in [-0.2, -0.15) is 0 Å². The molecule has 2 heterocycles. The molecule has 3 rings (SSSR count). The van der Waals surface area contributed by atoms with E-state index in [2.05, 4.69) is 45.7 Å². The number of halogens is 1. The fourth-order valence-electron chi connectivity index (χ4n) is 4.11. The summed E-state index contributed by atoms with van der Waals surface area (Å²) < 4.78 is 0. The van der Waals surface area contributed by atoms with Crippen LogP contribution in [0.2, 0.25) is 5.15 Å². The van der Waals surface area contributed by atoms with Crippen molar-refractivity contribution in [3.63, 3.8) is 0 Å². The second-order valence-electron chi connectivity index (χ2n) is 8.22. The average Bonchev–Trinajstić information content (AvgIpc) is 2.73. The summed E-state index contributed by atoms with van der Waals surface area (Å²) >= 11 is 5.99. The molecule has 0 atom stereocenters. The van der Waals surface area contributed by atoms with Crippen molar-refractivity contribution in [3.05, 3.63) is 58.4 Å². The fourth-order valence-corrected chi connectivity index (χ4v) is 4.27. The van der Waals surface area contributed by atoms with E-state index in [-0.39, 0.29) is 28.4 Å². The summed E-state index contributed by atoms with van der Waals surface area (Å²) in [4.78, 5) is 32.4. The number of nitrogens with one attached hydrogen (secondary N) is 3. The molecule has 1 saturated heterocycles. The number of carbonyl (C=O) groups is 2. The molecule has 8 heteroatoms. The van der Waals surface area contributed by atoms with E-state index in [1.54, 1.807) is 0 Å². The number of hydrogen-bond acceptors (Lipinski definition) is 5. The first kappa shape index (κ1) is 23.2. The van der Waals surface area contributed by atoms with Gasteiger partial charge in [-0.25, -0.2) is 4.98 Å². The Bertz CT molecular complexity index is 957. The second kappa shape index (κ2) is 9.77. The Morgan fingerprint density at radius 2 is 1.94 bits per heavy atom. The molecule has 2 amide bonds. The minimum atomic E-state index is -0.700. The lowest BCUT2D eigenvalue weighted by Gasteiger charge is -2.50. The van der Waals surface area contributed by atoms with Crippen molar-refractivity contribution in [2.24, 2.45) is 0 Å². The molecule has 2 aromatic rings. The number of carbonyl (C=O) groups excluding carboxylic acids is 2.